The van der Waals surface area contributed by atoms with E-state index >= 15 is 0 Å². The van der Waals surface area contributed by atoms with Crippen molar-refractivity contribution in [3.05, 3.63) is 68.5 Å². The van der Waals surface area contributed by atoms with Crippen molar-refractivity contribution >= 4 is 43.3 Å². The van der Waals surface area contributed by atoms with Gasteiger partial charge in [-0.15, -0.1) is 0 Å². The molecule has 2 heterocycles. The fourth-order valence-electron chi connectivity index (χ4n) is 3.02. The number of pyridine rings is 1. The first kappa shape index (κ1) is 13.5. The molecule has 0 aliphatic rings. The van der Waals surface area contributed by atoms with Gasteiger partial charge in [0.25, 0.3) is 5.56 Å². The monoisotopic (exact) mass is 352 g/mol. The SMILES string of the molecule is Cc1c(C)n2c(=O)c3cc(Br)ccc3nc2c2ccccc12. The van der Waals surface area contributed by atoms with Crippen molar-refractivity contribution in [2.75, 3.05) is 0 Å². The average molecular weight is 353 g/mol. The lowest BCUT2D eigenvalue weighted by Crippen LogP contribution is -2.18. The minimum atomic E-state index is -0.0207. The summed E-state index contributed by atoms with van der Waals surface area (Å²) in [6.07, 6.45) is 0. The Morgan fingerprint density at radius 1 is 1.00 bits per heavy atom. The predicted octanol–water partition coefficient (Wildman–Crippen LogP) is 4.38. The van der Waals surface area contributed by atoms with Crippen LogP contribution in [0, 0.1) is 13.8 Å². The summed E-state index contributed by atoms with van der Waals surface area (Å²) < 4.78 is 2.61. The van der Waals surface area contributed by atoms with Crippen molar-refractivity contribution in [2.45, 2.75) is 13.8 Å². The predicted molar refractivity (Wildman–Crippen MR) is 93.6 cm³/mol. The zero-order chi connectivity index (χ0) is 15.4. The number of hydrogen-bond acceptors (Lipinski definition) is 2. The van der Waals surface area contributed by atoms with E-state index in [1.807, 2.05) is 43.3 Å². The van der Waals surface area contributed by atoms with E-state index in [1.165, 1.54) is 0 Å². The van der Waals surface area contributed by atoms with Crippen molar-refractivity contribution in [1.82, 2.24) is 9.38 Å². The maximum Gasteiger partial charge on any atom is 0.266 e. The molecule has 0 atom stereocenters. The molecule has 0 N–H and O–H groups in total. The number of rotatable bonds is 0. The van der Waals surface area contributed by atoms with E-state index in [2.05, 4.69) is 28.9 Å². The number of nitrogens with zero attached hydrogens (tertiary/aromatic N) is 2. The second kappa shape index (κ2) is 4.65. The molecule has 108 valence electrons. The summed E-state index contributed by atoms with van der Waals surface area (Å²) in [5.74, 6) is 0. The molecule has 0 saturated heterocycles. The van der Waals surface area contributed by atoms with Crippen molar-refractivity contribution in [3.63, 3.8) is 0 Å². The van der Waals surface area contributed by atoms with Gasteiger partial charge in [-0.05, 0) is 43.0 Å². The number of hydrogen-bond donors (Lipinski definition) is 0. The van der Waals surface area contributed by atoms with Gasteiger partial charge in [0.15, 0.2) is 0 Å². The van der Waals surface area contributed by atoms with E-state index in [0.29, 0.717) is 5.39 Å². The van der Waals surface area contributed by atoms with Crippen LogP contribution in [0.5, 0.6) is 0 Å². The number of benzene rings is 2. The molecule has 0 spiro atoms. The highest BCUT2D eigenvalue weighted by atomic mass is 79.9. The van der Waals surface area contributed by atoms with Gasteiger partial charge in [-0.3, -0.25) is 9.20 Å². The van der Waals surface area contributed by atoms with E-state index < -0.39 is 0 Å². The smallest absolute Gasteiger partial charge is 0.266 e. The minimum absolute atomic E-state index is 0.0207. The molecule has 0 radical (unpaired) electrons. The van der Waals surface area contributed by atoms with Crippen LogP contribution in [0.4, 0.5) is 0 Å². The molecular formula is C18H13BrN2O. The number of aryl methyl sites for hydroxylation is 2. The first-order valence-electron chi connectivity index (χ1n) is 7.08. The van der Waals surface area contributed by atoms with Crippen LogP contribution in [0.3, 0.4) is 0 Å². The Labute approximate surface area is 135 Å². The van der Waals surface area contributed by atoms with Crippen LogP contribution in [0.1, 0.15) is 11.3 Å². The zero-order valence-corrected chi connectivity index (χ0v) is 13.8. The summed E-state index contributed by atoms with van der Waals surface area (Å²) in [5.41, 5.74) is 3.47. The normalized spacial score (nSPS) is 11.6. The Balaban J connectivity index is 2.39. The molecule has 2 aromatic carbocycles. The molecule has 4 aromatic rings. The van der Waals surface area contributed by atoms with Crippen LogP contribution >= 0.6 is 15.9 Å². The van der Waals surface area contributed by atoms with E-state index in [0.717, 1.165) is 37.7 Å². The molecule has 4 heteroatoms. The summed E-state index contributed by atoms with van der Waals surface area (Å²) in [5, 5.41) is 2.78. The Bertz CT molecular complexity index is 1130. The van der Waals surface area contributed by atoms with Gasteiger partial charge < -0.3 is 0 Å². The summed E-state index contributed by atoms with van der Waals surface area (Å²) in [6.45, 7) is 4.02. The van der Waals surface area contributed by atoms with Crippen LogP contribution < -0.4 is 5.56 Å². The van der Waals surface area contributed by atoms with Crippen LogP contribution in [-0.2, 0) is 0 Å². The van der Waals surface area contributed by atoms with Gasteiger partial charge >= 0.3 is 0 Å². The van der Waals surface area contributed by atoms with Gasteiger partial charge in [0, 0.05) is 15.6 Å². The lowest BCUT2D eigenvalue weighted by molar-refractivity contribution is 1.01. The van der Waals surface area contributed by atoms with Crippen LogP contribution in [-0.4, -0.2) is 9.38 Å². The molecule has 0 bridgehead atoms. The Morgan fingerprint density at radius 3 is 2.50 bits per heavy atom. The maximum atomic E-state index is 13.0. The van der Waals surface area contributed by atoms with Crippen LogP contribution in [0.15, 0.2) is 51.7 Å². The zero-order valence-electron chi connectivity index (χ0n) is 12.2. The third-order valence-corrected chi connectivity index (χ3v) is 4.77. The highest BCUT2D eigenvalue weighted by molar-refractivity contribution is 9.10. The van der Waals surface area contributed by atoms with Crippen molar-refractivity contribution < 1.29 is 0 Å². The quantitative estimate of drug-likeness (QED) is 0.347. The molecule has 0 saturated carbocycles. The number of fused-ring (bicyclic) bond motifs is 4. The fourth-order valence-corrected chi connectivity index (χ4v) is 3.38. The third-order valence-electron chi connectivity index (χ3n) is 4.28. The fraction of sp³-hybridized carbons (Fsp3) is 0.111. The number of halogens is 1. The third kappa shape index (κ3) is 1.74. The average Bonchev–Trinajstić information content (AvgIpc) is 2.53. The lowest BCUT2D eigenvalue weighted by atomic mass is 10.0. The maximum absolute atomic E-state index is 13.0. The first-order chi connectivity index (χ1) is 10.6. The topological polar surface area (TPSA) is 34.4 Å². The second-order valence-electron chi connectivity index (χ2n) is 5.49. The lowest BCUT2D eigenvalue weighted by Gasteiger charge is -2.13. The molecular weight excluding hydrogens is 340 g/mol. The highest BCUT2D eigenvalue weighted by Crippen LogP contribution is 2.26. The van der Waals surface area contributed by atoms with Gasteiger partial charge in [-0.2, -0.15) is 0 Å². The summed E-state index contributed by atoms with van der Waals surface area (Å²) in [7, 11) is 0. The molecule has 0 aliphatic heterocycles. The van der Waals surface area contributed by atoms with E-state index in [9.17, 15) is 4.79 Å². The van der Waals surface area contributed by atoms with E-state index in [4.69, 9.17) is 4.98 Å². The summed E-state index contributed by atoms with van der Waals surface area (Å²) in [4.78, 5) is 17.7. The largest absolute Gasteiger partial charge is 0.268 e. The van der Waals surface area contributed by atoms with E-state index in [-0.39, 0.29) is 5.56 Å². The first-order valence-corrected chi connectivity index (χ1v) is 7.87. The van der Waals surface area contributed by atoms with Gasteiger partial charge in [-0.25, -0.2) is 4.98 Å². The molecule has 4 rings (SSSR count). The van der Waals surface area contributed by atoms with E-state index in [1.54, 1.807) is 4.40 Å². The van der Waals surface area contributed by atoms with Gasteiger partial charge in [0.1, 0.15) is 5.65 Å². The Hall–Kier alpha value is -2.20. The standard InChI is InChI=1S/C18H13BrN2O/c1-10-11(2)21-17(14-6-4-3-5-13(10)14)20-16-8-7-12(19)9-15(16)18(21)22/h3-9H,1-2H3. The molecule has 22 heavy (non-hydrogen) atoms. The molecule has 0 aliphatic carbocycles. The summed E-state index contributed by atoms with van der Waals surface area (Å²) in [6, 6.07) is 13.7. The molecule has 2 aromatic heterocycles. The van der Waals surface area contributed by atoms with Crippen molar-refractivity contribution in [1.29, 1.82) is 0 Å². The van der Waals surface area contributed by atoms with Crippen LogP contribution in [0.2, 0.25) is 0 Å². The second-order valence-corrected chi connectivity index (χ2v) is 6.41. The molecule has 0 unspecified atom stereocenters. The van der Waals surface area contributed by atoms with Crippen molar-refractivity contribution in [2.24, 2.45) is 0 Å². The van der Waals surface area contributed by atoms with Crippen molar-refractivity contribution in [3.8, 4) is 0 Å². The van der Waals surface area contributed by atoms with Gasteiger partial charge in [0.2, 0.25) is 0 Å². The molecule has 3 nitrogen and oxygen atoms in total. The van der Waals surface area contributed by atoms with Crippen LogP contribution in [0.25, 0.3) is 27.3 Å². The molecule has 0 fully saturated rings. The van der Waals surface area contributed by atoms with Gasteiger partial charge in [-0.1, -0.05) is 40.2 Å². The van der Waals surface area contributed by atoms with Gasteiger partial charge in [0.05, 0.1) is 10.9 Å². The Morgan fingerprint density at radius 2 is 1.73 bits per heavy atom. The summed E-state index contributed by atoms with van der Waals surface area (Å²) >= 11 is 3.43. The molecule has 0 amide bonds. The minimum Gasteiger partial charge on any atom is -0.268 e. The Kier molecular flexibility index (Phi) is 2.84. The number of aromatic nitrogens is 2. The highest BCUT2D eigenvalue weighted by Gasteiger charge is 2.13.